The van der Waals surface area contributed by atoms with Crippen LogP contribution < -0.4 is 10.1 Å². The van der Waals surface area contributed by atoms with Crippen molar-refractivity contribution in [1.82, 2.24) is 14.6 Å². The van der Waals surface area contributed by atoms with Crippen molar-refractivity contribution in [2.45, 2.75) is 33.6 Å². The van der Waals surface area contributed by atoms with E-state index in [1.807, 2.05) is 61.7 Å². The molecule has 1 aliphatic rings. The minimum Gasteiger partial charge on any atom is -0.495 e. The van der Waals surface area contributed by atoms with Gasteiger partial charge in [0.25, 0.3) is 0 Å². The Balaban J connectivity index is 1.35. The molecule has 4 rings (SSSR count). The smallest absolute Gasteiger partial charge is 0.227 e. The lowest BCUT2D eigenvalue weighted by Gasteiger charge is -2.30. The highest BCUT2D eigenvalue weighted by Gasteiger charge is 2.27. The highest BCUT2D eigenvalue weighted by atomic mass is 16.5. The van der Waals surface area contributed by atoms with Crippen molar-refractivity contribution in [1.29, 1.82) is 0 Å². The summed E-state index contributed by atoms with van der Waals surface area (Å²) in [5, 5.41) is 7.06. The van der Waals surface area contributed by atoms with Crippen LogP contribution in [-0.2, 0) is 4.79 Å². The molecule has 0 radical (unpaired) electrons. The van der Waals surface area contributed by atoms with E-state index in [4.69, 9.17) is 9.26 Å². The first kappa shape index (κ1) is 22.8. The molecular formula is C25H30N4O4. The molecule has 1 saturated heterocycles. The summed E-state index contributed by atoms with van der Waals surface area (Å²) in [5.41, 5.74) is 3.18. The molecule has 1 fully saturated rings. The molecule has 0 unspecified atom stereocenters. The molecule has 2 aromatic heterocycles. The zero-order valence-electron chi connectivity index (χ0n) is 19.6. The number of carbonyl (C=O) groups excluding carboxylic acids is 2. The van der Waals surface area contributed by atoms with Gasteiger partial charge in [-0.3, -0.25) is 19.1 Å². The van der Waals surface area contributed by atoms with E-state index >= 15 is 0 Å². The van der Waals surface area contributed by atoms with Crippen molar-refractivity contribution in [3.8, 4) is 11.6 Å². The fourth-order valence-corrected chi connectivity index (χ4v) is 4.48. The first-order valence-corrected chi connectivity index (χ1v) is 11.2. The number of carbonyl (C=O) groups is 2. The number of methoxy groups -OCH3 is 1. The van der Waals surface area contributed by atoms with Crippen LogP contribution in [0.1, 0.15) is 40.3 Å². The number of nitrogens with one attached hydrogen (secondary N) is 1. The van der Waals surface area contributed by atoms with Crippen molar-refractivity contribution < 1.29 is 18.8 Å². The first-order chi connectivity index (χ1) is 15.9. The minimum atomic E-state index is -0.0817. The molecule has 0 saturated carbocycles. The van der Waals surface area contributed by atoms with Gasteiger partial charge in [0.2, 0.25) is 5.91 Å². The first-order valence-electron chi connectivity index (χ1n) is 11.2. The van der Waals surface area contributed by atoms with Gasteiger partial charge in [0.1, 0.15) is 11.5 Å². The fourth-order valence-electron chi connectivity index (χ4n) is 4.48. The zero-order chi connectivity index (χ0) is 23.5. The largest absolute Gasteiger partial charge is 0.495 e. The molecule has 1 N–H and O–H groups in total. The highest BCUT2D eigenvalue weighted by molar-refractivity contribution is 5.99. The molecule has 3 heterocycles. The predicted octanol–water partition coefficient (Wildman–Crippen LogP) is 3.93. The standard InChI is InChI=1S/C25H30N4O4/c1-16-13-20(18(3)29(16)24-14-17(2)33-27-24)22(30)15-28-11-9-19(10-12-28)25(31)26-21-7-5-6-8-23(21)32-4/h5-8,13-14,19H,9-12,15H2,1-4H3,(H,26,31). The summed E-state index contributed by atoms with van der Waals surface area (Å²) >= 11 is 0. The van der Waals surface area contributed by atoms with E-state index in [2.05, 4.69) is 15.4 Å². The molecule has 0 spiro atoms. The summed E-state index contributed by atoms with van der Waals surface area (Å²) in [6.07, 6.45) is 1.43. The maximum atomic E-state index is 13.1. The van der Waals surface area contributed by atoms with Gasteiger partial charge in [-0.25, -0.2) is 0 Å². The number of ketones is 1. The van der Waals surface area contributed by atoms with Gasteiger partial charge in [-0.15, -0.1) is 0 Å². The van der Waals surface area contributed by atoms with Crippen LogP contribution in [0.25, 0.3) is 5.82 Å². The monoisotopic (exact) mass is 450 g/mol. The molecule has 1 aliphatic heterocycles. The highest BCUT2D eigenvalue weighted by Crippen LogP contribution is 2.26. The van der Waals surface area contributed by atoms with Crippen molar-refractivity contribution >= 4 is 17.4 Å². The van der Waals surface area contributed by atoms with Gasteiger partial charge in [-0.1, -0.05) is 17.3 Å². The number of ether oxygens (including phenoxy) is 1. The van der Waals surface area contributed by atoms with Crippen LogP contribution in [0, 0.1) is 26.7 Å². The predicted molar refractivity (Wildman–Crippen MR) is 125 cm³/mol. The molecule has 33 heavy (non-hydrogen) atoms. The number of aryl methyl sites for hydroxylation is 2. The summed E-state index contributed by atoms with van der Waals surface area (Å²) in [4.78, 5) is 27.9. The fraction of sp³-hybridized carbons (Fsp3) is 0.400. The lowest BCUT2D eigenvalue weighted by atomic mass is 9.95. The molecule has 1 amide bonds. The number of amides is 1. The number of benzene rings is 1. The topological polar surface area (TPSA) is 89.6 Å². The number of hydrogen-bond acceptors (Lipinski definition) is 6. The van der Waals surface area contributed by atoms with Crippen molar-refractivity contribution in [3.05, 3.63) is 59.1 Å². The van der Waals surface area contributed by atoms with Crippen molar-refractivity contribution in [3.63, 3.8) is 0 Å². The van der Waals surface area contributed by atoms with Crippen LogP contribution in [-0.4, -0.2) is 53.1 Å². The third-order valence-corrected chi connectivity index (χ3v) is 6.27. The Morgan fingerprint density at radius 2 is 1.88 bits per heavy atom. The number of Topliss-reactive ketones (excluding diaryl/α,β-unsaturated/α-hetero) is 1. The van der Waals surface area contributed by atoms with Crippen LogP contribution >= 0.6 is 0 Å². The number of hydrogen-bond donors (Lipinski definition) is 1. The molecule has 3 aromatic rings. The number of nitrogens with zero attached hydrogens (tertiary/aromatic N) is 3. The van der Waals surface area contributed by atoms with Crippen LogP contribution in [0.4, 0.5) is 5.69 Å². The summed E-state index contributed by atoms with van der Waals surface area (Å²) in [6.45, 7) is 7.48. The van der Waals surface area contributed by atoms with Crippen molar-refractivity contribution in [2.24, 2.45) is 5.92 Å². The molecule has 0 atom stereocenters. The van der Waals surface area contributed by atoms with Gasteiger partial charge in [0.15, 0.2) is 11.6 Å². The van der Waals surface area contributed by atoms with Gasteiger partial charge in [-0.2, -0.15) is 0 Å². The summed E-state index contributed by atoms with van der Waals surface area (Å²) in [6, 6.07) is 11.2. The quantitative estimate of drug-likeness (QED) is 0.549. The SMILES string of the molecule is COc1ccccc1NC(=O)C1CCN(CC(=O)c2cc(C)n(-c3cc(C)on3)c2C)CC1. The van der Waals surface area contributed by atoms with E-state index in [1.165, 1.54) is 0 Å². The minimum absolute atomic E-state index is 0.00284. The molecule has 0 aliphatic carbocycles. The van der Waals surface area contributed by atoms with Crippen LogP contribution in [0.2, 0.25) is 0 Å². The van der Waals surface area contributed by atoms with Crippen LogP contribution in [0.5, 0.6) is 5.75 Å². The Hall–Kier alpha value is -3.39. The third kappa shape index (κ3) is 4.85. The Bertz CT molecular complexity index is 1160. The summed E-state index contributed by atoms with van der Waals surface area (Å²) < 4.78 is 12.5. The normalized spacial score (nSPS) is 14.9. The van der Waals surface area contributed by atoms with Crippen LogP contribution in [0.3, 0.4) is 0 Å². The van der Waals surface area contributed by atoms with E-state index in [9.17, 15) is 9.59 Å². The lowest BCUT2D eigenvalue weighted by molar-refractivity contribution is -0.121. The molecule has 1 aromatic carbocycles. The molecule has 174 valence electrons. The Labute approximate surface area is 193 Å². The van der Waals surface area contributed by atoms with E-state index in [-0.39, 0.29) is 17.6 Å². The Morgan fingerprint density at radius 3 is 2.55 bits per heavy atom. The Kier molecular flexibility index (Phi) is 6.65. The van der Waals surface area contributed by atoms with E-state index in [0.717, 1.165) is 17.1 Å². The zero-order valence-corrected chi connectivity index (χ0v) is 19.6. The summed E-state index contributed by atoms with van der Waals surface area (Å²) in [5.74, 6) is 2.05. The van der Waals surface area contributed by atoms with E-state index in [1.54, 1.807) is 7.11 Å². The summed E-state index contributed by atoms with van der Waals surface area (Å²) in [7, 11) is 1.59. The molecule has 8 nitrogen and oxygen atoms in total. The molecule has 0 bridgehead atoms. The lowest BCUT2D eigenvalue weighted by Crippen LogP contribution is -2.40. The van der Waals surface area contributed by atoms with E-state index in [0.29, 0.717) is 55.3 Å². The van der Waals surface area contributed by atoms with Gasteiger partial charge in [0, 0.05) is 28.9 Å². The van der Waals surface area contributed by atoms with Crippen LogP contribution in [0.15, 0.2) is 40.9 Å². The van der Waals surface area contributed by atoms with Gasteiger partial charge in [-0.05, 0) is 64.9 Å². The van der Waals surface area contributed by atoms with Crippen molar-refractivity contribution in [2.75, 3.05) is 32.1 Å². The number of likely N-dealkylation sites (tertiary alicyclic amines) is 1. The second-order valence-corrected chi connectivity index (χ2v) is 8.58. The maximum Gasteiger partial charge on any atom is 0.227 e. The number of anilines is 1. The number of rotatable bonds is 7. The molecular weight excluding hydrogens is 420 g/mol. The Morgan fingerprint density at radius 1 is 1.15 bits per heavy atom. The number of aromatic nitrogens is 2. The maximum absolute atomic E-state index is 13.1. The average molecular weight is 451 g/mol. The third-order valence-electron chi connectivity index (χ3n) is 6.27. The average Bonchev–Trinajstić information content (AvgIpc) is 3.36. The molecule has 8 heteroatoms. The van der Waals surface area contributed by atoms with Gasteiger partial charge >= 0.3 is 0 Å². The number of piperidine rings is 1. The second kappa shape index (κ2) is 9.62. The van der Waals surface area contributed by atoms with E-state index < -0.39 is 0 Å². The van der Waals surface area contributed by atoms with Gasteiger partial charge < -0.3 is 14.6 Å². The van der Waals surface area contributed by atoms with Gasteiger partial charge in [0.05, 0.1) is 19.3 Å². The number of para-hydroxylation sites is 2. The second-order valence-electron chi connectivity index (χ2n) is 8.58.